The largest absolute Gasteiger partial charge is 0.374 e. The van der Waals surface area contributed by atoms with Gasteiger partial charge in [-0.05, 0) is 0 Å². The fraction of sp³-hybridized carbons (Fsp3) is 0.667. The first-order chi connectivity index (χ1) is 6.34. The van der Waals surface area contributed by atoms with Crippen LogP contribution in [0.25, 0.3) is 0 Å². The van der Waals surface area contributed by atoms with E-state index in [1.54, 1.807) is 11.8 Å². The molecule has 1 aromatic rings. The molecule has 1 saturated heterocycles. The maximum absolute atomic E-state index is 5.43. The first-order valence-corrected chi connectivity index (χ1v) is 5.60. The minimum absolute atomic E-state index is 0.102. The highest BCUT2D eigenvalue weighted by Gasteiger charge is 2.16. The van der Waals surface area contributed by atoms with Gasteiger partial charge in [0.25, 0.3) is 0 Å². The molecule has 0 aromatic carbocycles. The van der Waals surface area contributed by atoms with Gasteiger partial charge in [-0.25, -0.2) is 0 Å². The second-order valence-electron chi connectivity index (χ2n) is 2.39. The van der Waals surface area contributed by atoms with Crippen molar-refractivity contribution in [3.05, 3.63) is 0 Å². The lowest BCUT2D eigenvalue weighted by Gasteiger charge is -2.05. The van der Waals surface area contributed by atoms with Crippen LogP contribution in [-0.4, -0.2) is 35.5 Å². The van der Waals surface area contributed by atoms with Gasteiger partial charge in [0.05, 0.1) is 19.0 Å². The van der Waals surface area contributed by atoms with Crippen LogP contribution in [0.2, 0.25) is 0 Å². The van der Waals surface area contributed by atoms with Crippen molar-refractivity contribution in [1.29, 1.82) is 0 Å². The average molecular weight is 219 g/mol. The summed E-state index contributed by atoms with van der Waals surface area (Å²) in [6.07, 6.45) is -0.102. The molecule has 0 saturated carbocycles. The van der Waals surface area contributed by atoms with E-state index in [0.717, 1.165) is 10.1 Å². The molecule has 0 radical (unpaired) electrons. The Bertz CT molecular complexity index is 275. The third-order valence-electron chi connectivity index (χ3n) is 1.46. The van der Waals surface area contributed by atoms with Crippen molar-refractivity contribution in [2.24, 2.45) is 0 Å². The number of ether oxygens (including phenoxy) is 2. The molecule has 2 N–H and O–H groups in total. The van der Waals surface area contributed by atoms with E-state index < -0.39 is 0 Å². The Labute approximate surface area is 83.6 Å². The molecule has 72 valence electrons. The molecule has 1 aliphatic rings. The maximum atomic E-state index is 5.43. The third kappa shape index (κ3) is 2.53. The van der Waals surface area contributed by atoms with E-state index in [1.807, 2.05) is 0 Å². The van der Waals surface area contributed by atoms with Crippen LogP contribution >= 0.6 is 23.1 Å². The Morgan fingerprint density at radius 2 is 2.23 bits per heavy atom. The first kappa shape index (κ1) is 9.20. The van der Waals surface area contributed by atoms with E-state index in [4.69, 9.17) is 15.2 Å². The molecule has 2 heterocycles. The lowest BCUT2D eigenvalue weighted by atomic mass is 10.8. The Morgan fingerprint density at radius 3 is 2.85 bits per heavy atom. The standard InChI is InChI=1S/C6H9N3O2S2/c7-5-8-9-6(13-5)12-3-4-10-1-2-11-4/h4H,1-3H2,(H2,7,8). The minimum atomic E-state index is -0.102. The van der Waals surface area contributed by atoms with Crippen molar-refractivity contribution in [2.75, 3.05) is 24.7 Å². The van der Waals surface area contributed by atoms with Gasteiger partial charge >= 0.3 is 0 Å². The lowest BCUT2D eigenvalue weighted by Crippen LogP contribution is -2.10. The smallest absolute Gasteiger partial charge is 0.203 e. The third-order valence-corrected chi connectivity index (χ3v) is 3.37. The first-order valence-electron chi connectivity index (χ1n) is 3.79. The molecule has 1 fully saturated rings. The maximum Gasteiger partial charge on any atom is 0.203 e. The summed E-state index contributed by atoms with van der Waals surface area (Å²) in [5, 5.41) is 8.07. The van der Waals surface area contributed by atoms with Gasteiger partial charge < -0.3 is 15.2 Å². The van der Waals surface area contributed by atoms with E-state index in [9.17, 15) is 0 Å². The summed E-state index contributed by atoms with van der Waals surface area (Å²) in [4.78, 5) is 0. The monoisotopic (exact) mass is 219 g/mol. The highest BCUT2D eigenvalue weighted by atomic mass is 32.2. The number of anilines is 1. The average Bonchev–Trinajstić information content (AvgIpc) is 2.71. The molecule has 0 atom stereocenters. The van der Waals surface area contributed by atoms with Crippen molar-refractivity contribution in [1.82, 2.24) is 10.2 Å². The second kappa shape index (κ2) is 4.23. The Morgan fingerprint density at radius 1 is 1.46 bits per heavy atom. The zero-order valence-electron chi connectivity index (χ0n) is 6.80. The number of thioether (sulfide) groups is 1. The summed E-state index contributed by atoms with van der Waals surface area (Å²) < 4.78 is 11.4. The van der Waals surface area contributed by atoms with E-state index in [1.165, 1.54) is 11.3 Å². The molecule has 0 spiro atoms. The summed E-state index contributed by atoms with van der Waals surface area (Å²) in [5.74, 6) is 0.745. The molecule has 0 bridgehead atoms. The normalized spacial score (nSPS) is 18.2. The van der Waals surface area contributed by atoms with Crippen LogP contribution in [0, 0.1) is 0 Å². The van der Waals surface area contributed by atoms with Crippen molar-refractivity contribution in [3.63, 3.8) is 0 Å². The Hall–Kier alpha value is -0.370. The molecular formula is C6H9N3O2S2. The van der Waals surface area contributed by atoms with Crippen molar-refractivity contribution >= 4 is 28.2 Å². The SMILES string of the molecule is Nc1nnc(SCC2OCCO2)s1. The lowest BCUT2D eigenvalue weighted by molar-refractivity contribution is -0.0214. The van der Waals surface area contributed by atoms with E-state index >= 15 is 0 Å². The Balaban J connectivity index is 1.78. The quantitative estimate of drug-likeness (QED) is 0.750. The van der Waals surface area contributed by atoms with Crippen molar-refractivity contribution in [2.45, 2.75) is 10.6 Å². The van der Waals surface area contributed by atoms with E-state index in [-0.39, 0.29) is 6.29 Å². The number of hydrogen-bond acceptors (Lipinski definition) is 7. The molecule has 2 rings (SSSR count). The Kier molecular flexibility index (Phi) is 2.99. The predicted octanol–water partition coefficient (Wildman–Crippen LogP) is 0.585. The number of nitrogens with two attached hydrogens (primary N) is 1. The number of rotatable bonds is 3. The van der Waals surface area contributed by atoms with E-state index in [2.05, 4.69) is 10.2 Å². The molecule has 0 amide bonds. The van der Waals surface area contributed by atoms with Crippen LogP contribution in [0.4, 0.5) is 5.13 Å². The molecule has 7 heteroatoms. The summed E-state index contributed by atoms with van der Waals surface area (Å²) in [7, 11) is 0. The van der Waals surface area contributed by atoms with Crippen LogP contribution in [-0.2, 0) is 9.47 Å². The van der Waals surface area contributed by atoms with Gasteiger partial charge in [0, 0.05) is 0 Å². The molecule has 5 nitrogen and oxygen atoms in total. The van der Waals surface area contributed by atoms with Crippen molar-refractivity contribution < 1.29 is 9.47 Å². The topological polar surface area (TPSA) is 70.3 Å². The number of aromatic nitrogens is 2. The van der Waals surface area contributed by atoms with Crippen LogP contribution < -0.4 is 5.73 Å². The van der Waals surface area contributed by atoms with Crippen molar-refractivity contribution in [3.8, 4) is 0 Å². The minimum Gasteiger partial charge on any atom is -0.374 e. The summed E-state index contributed by atoms with van der Waals surface area (Å²) in [6.45, 7) is 1.37. The molecule has 0 aliphatic carbocycles. The van der Waals surface area contributed by atoms with Gasteiger partial charge in [-0.1, -0.05) is 23.1 Å². The number of nitrogens with zero attached hydrogens (tertiary/aromatic N) is 2. The van der Waals surface area contributed by atoms with Gasteiger partial charge in [-0.15, -0.1) is 10.2 Å². The fourth-order valence-electron chi connectivity index (χ4n) is 0.921. The van der Waals surface area contributed by atoms with Gasteiger partial charge in [0.1, 0.15) is 0 Å². The summed E-state index contributed by atoms with van der Waals surface area (Å²) >= 11 is 2.93. The molecular weight excluding hydrogens is 210 g/mol. The zero-order valence-corrected chi connectivity index (χ0v) is 8.44. The number of hydrogen-bond donors (Lipinski definition) is 1. The highest BCUT2D eigenvalue weighted by molar-refractivity contribution is 8.01. The van der Waals surface area contributed by atoms with Gasteiger partial charge in [0.15, 0.2) is 10.6 Å². The molecule has 0 unspecified atom stereocenters. The van der Waals surface area contributed by atoms with Crippen LogP contribution in [0.15, 0.2) is 4.34 Å². The zero-order chi connectivity index (χ0) is 9.10. The number of nitrogen functional groups attached to an aromatic ring is 1. The fourth-order valence-corrected chi connectivity index (χ4v) is 2.53. The highest BCUT2D eigenvalue weighted by Crippen LogP contribution is 2.25. The van der Waals surface area contributed by atoms with Crippen LogP contribution in [0.1, 0.15) is 0 Å². The van der Waals surface area contributed by atoms with Crippen LogP contribution in [0.3, 0.4) is 0 Å². The second-order valence-corrected chi connectivity index (χ2v) is 4.66. The van der Waals surface area contributed by atoms with Gasteiger partial charge in [0.2, 0.25) is 5.13 Å². The van der Waals surface area contributed by atoms with Gasteiger partial charge in [-0.2, -0.15) is 0 Å². The predicted molar refractivity (Wildman–Crippen MR) is 50.7 cm³/mol. The summed E-state index contributed by atoms with van der Waals surface area (Å²) in [5.41, 5.74) is 5.43. The molecule has 13 heavy (non-hydrogen) atoms. The van der Waals surface area contributed by atoms with Crippen LogP contribution in [0.5, 0.6) is 0 Å². The molecule has 1 aromatic heterocycles. The van der Waals surface area contributed by atoms with Gasteiger partial charge in [-0.3, -0.25) is 0 Å². The summed E-state index contributed by atoms with van der Waals surface area (Å²) in [6, 6.07) is 0. The molecule has 1 aliphatic heterocycles. The van der Waals surface area contributed by atoms with E-state index in [0.29, 0.717) is 18.3 Å².